The first-order valence-electron chi connectivity index (χ1n) is 13.8. The topological polar surface area (TPSA) is 191 Å². The molecule has 0 saturated carbocycles. The molecule has 0 aliphatic rings. The third-order valence-electron chi connectivity index (χ3n) is 6.43. The minimum absolute atomic E-state index is 0.0730. The Kier molecular flexibility index (Phi) is 11.0. The number of hydrogen-bond donors (Lipinski definition) is 4. The van der Waals surface area contributed by atoms with Crippen molar-refractivity contribution in [3.05, 3.63) is 130 Å². The number of carbonyl (C=O) groups excluding carboxylic acids is 3. The van der Waals surface area contributed by atoms with Crippen LogP contribution in [-0.2, 0) is 19.6 Å². The van der Waals surface area contributed by atoms with Crippen molar-refractivity contribution in [3.63, 3.8) is 0 Å². The van der Waals surface area contributed by atoms with Crippen LogP contribution in [0.3, 0.4) is 0 Å². The molecular weight excluding hydrogens is 631 g/mol. The molecule has 0 aromatic heterocycles. The van der Waals surface area contributed by atoms with Gasteiger partial charge >= 0.3 is 0 Å². The molecule has 1 atom stereocenters. The van der Waals surface area contributed by atoms with E-state index in [-0.39, 0.29) is 22.2 Å². The van der Waals surface area contributed by atoms with Gasteiger partial charge in [-0.05, 0) is 84.8 Å². The van der Waals surface area contributed by atoms with Crippen molar-refractivity contribution in [2.45, 2.75) is 28.4 Å². The molecule has 0 aliphatic carbocycles. The van der Waals surface area contributed by atoms with Gasteiger partial charge in [0.25, 0.3) is 17.5 Å². The Morgan fingerprint density at radius 3 is 2.17 bits per heavy atom. The summed E-state index contributed by atoms with van der Waals surface area (Å²) in [4.78, 5) is 50.5. The summed E-state index contributed by atoms with van der Waals surface area (Å²) >= 11 is 1.27. The van der Waals surface area contributed by atoms with Crippen molar-refractivity contribution in [2.75, 3.05) is 10.6 Å². The Labute approximate surface area is 269 Å². The van der Waals surface area contributed by atoms with E-state index in [4.69, 9.17) is 5.14 Å². The number of anilines is 2. The van der Waals surface area contributed by atoms with Crippen LogP contribution in [0.5, 0.6) is 0 Å². The fourth-order valence-corrected chi connectivity index (χ4v) is 5.61. The third kappa shape index (κ3) is 9.34. The number of benzene rings is 4. The van der Waals surface area contributed by atoms with E-state index < -0.39 is 32.0 Å². The van der Waals surface area contributed by atoms with E-state index in [9.17, 15) is 32.9 Å². The summed E-state index contributed by atoms with van der Waals surface area (Å²) in [6, 6.07) is 26.1. The quantitative estimate of drug-likeness (QED) is 0.0694. The highest BCUT2D eigenvalue weighted by Gasteiger charge is 2.20. The third-order valence-corrected chi connectivity index (χ3v) is 8.71. The lowest BCUT2D eigenvalue weighted by molar-refractivity contribution is -0.384. The molecule has 0 fully saturated rings. The van der Waals surface area contributed by atoms with E-state index in [1.165, 1.54) is 66.4 Å². The zero-order chi connectivity index (χ0) is 33.3. The monoisotopic (exact) mass is 659 g/mol. The van der Waals surface area contributed by atoms with Crippen LogP contribution in [0.25, 0.3) is 6.08 Å². The van der Waals surface area contributed by atoms with Gasteiger partial charge in [-0.25, -0.2) is 13.6 Å². The van der Waals surface area contributed by atoms with Gasteiger partial charge in [-0.3, -0.25) is 24.5 Å². The fraction of sp³-hybridized carbons (Fsp3) is 0.0938. The van der Waals surface area contributed by atoms with Crippen LogP contribution in [0, 0.1) is 10.1 Å². The van der Waals surface area contributed by atoms with E-state index in [1.807, 2.05) is 6.92 Å². The number of nitro groups is 1. The van der Waals surface area contributed by atoms with Gasteiger partial charge in [-0.2, -0.15) is 0 Å². The van der Waals surface area contributed by atoms with Gasteiger partial charge < -0.3 is 16.0 Å². The van der Waals surface area contributed by atoms with Crippen LogP contribution in [0.1, 0.15) is 29.3 Å². The molecular formula is C32H29N5O7S2. The van der Waals surface area contributed by atoms with Gasteiger partial charge in [0.2, 0.25) is 15.9 Å². The molecule has 0 aliphatic heterocycles. The van der Waals surface area contributed by atoms with Gasteiger partial charge in [-0.15, -0.1) is 11.8 Å². The molecule has 0 spiro atoms. The Morgan fingerprint density at radius 2 is 1.57 bits per heavy atom. The molecule has 0 saturated heterocycles. The standard InChI is InChI=1S/C32H29N5O7S2/c1-2-29(32(40)34-23-13-17-27(18-14-23)46(33,43)44)45-26-10-6-9-24(20-26)35-31(39)28(36-30(38)22-7-4-3-5-8-22)19-21-11-15-25(16-12-21)37(41)42/h3-20,29H,2H2,1H3,(H,34,40)(H,35,39)(H,36,38)(H2,33,43,44)/b28-19+. The smallest absolute Gasteiger partial charge is 0.272 e. The summed E-state index contributed by atoms with van der Waals surface area (Å²) in [7, 11) is -3.86. The maximum atomic E-state index is 13.4. The van der Waals surface area contributed by atoms with E-state index in [0.717, 1.165) is 0 Å². The predicted octanol–water partition coefficient (Wildman–Crippen LogP) is 5.16. The molecule has 12 nitrogen and oxygen atoms in total. The maximum absolute atomic E-state index is 13.4. The second kappa shape index (κ2) is 15.1. The summed E-state index contributed by atoms with van der Waals surface area (Å²) in [6.07, 6.45) is 1.88. The lowest BCUT2D eigenvalue weighted by atomic mass is 10.1. The highest BCUT2D eigenvalue weighted by molar-refractivity contribution is 8.00. The number of hydrogen-bond acceptors (Lipinski definition) is 8. The number of amides is 3. The number of nitrogens with two attached hydrogens (primary N) is 1. The predicted molar refractivity (Wildman–Crippen MR) is 176 cm³/mol. The van der Waals surface area contributed by atoms with Crippen molar-refractivity contribution >= 4 is 62.6 Å². The van der Waals surface area contributed by atoms with Crippen molar-refractivity contribution in [2.24, 2.45) is 5.14 Å². The van der Waals surface area contributed by atoms with Crippen LogP contribution in [-0.4, -0.2) is 36.3 Å². The van der Waals surface area contributed by atoms with Crippen molar-refractivity contribution in [1.82, 2.24) is 5.32 Å². The van der Waals surface area contributed by atoms with Crippen LogP contribution < -0.4 is 21.1 Å². The maximum Gasteiger partial charge on any atom is 0.272 e. The Morgan fingerprint density at radius 1 is 0.891 bits per heavy atom. The minimum atomic E-state index is -3.86. The summed E-state index contributed by atoms with van der Waals surface area (Å²) in [5.41, 5.74) is 1.36. The van der Waals surface area contributed by atoms with Gasteiger partial charge in [0.05, 0.1) is 15.1 Å². The normalized spacial score (nSPS) is 12.1. The minimum Gasteiger partial charge on any atom is -0.325 e. The molecule has 5 N–H and O–H groups in total. The highest BCUT2D eigenvalue weighted by atomic mass is 32.2. The molecule has 46 heavy (non-hydrogen) atoms. The highest BCUT2D eigenvalue weighted by Crippen LogP contribution is 2.29. The van der Waals surface area contributed by atoms with Crippen LogP contribution in [0.2, 0.25) is 0 Å². The van der Waals surface area contributed by atoms with Gasteiger partial charge in [0, 0.05) is 34.0 Å². The first kappa shape index (κ1) is 33.6. The Hall–Kier alpha value is -5.31. The van der Waals surface area contributed by atoms with E-state index in [1.54, 1.807) is 54.6 Å². The second-order valence-electron chi connectivity index (χ2n) is 9.78. The zero-order valence-corrected chi connectivity index (χ0v) is 26.0. The Bertz CT molecular complexity index is 1880. The van der Waals surface area contributed by atoms with Crippen molar-refractivity contribution in [1.29, 1.82) is 0 Å². The first-order valence-corrected chi connectivity index (χ1v) is 16.2. The van der Waals surface area contributed by atoms with Crippen molar-refractivity contribution < 1.29 is 27.7 Å². The number of thioether (sulfide) groups is 1. The number of primary sulfonamides is 1. The molecule has 4 rings (SSSR count). The molecule has 0 radical (unpaired) electrons. The van der Waals surface area contributed by atoms with Crippen LogP contribution >= 0.6 is 11.8 Å². The molecule has 4 aromatic carbocycles. The SMILES string of the molecule is CCC(Sc1cccc(NC(=O)/C(=C\c2ccc([N+](=O)[O-])cc2)NC(=O)c2ccccc2)c1)C(=O)Nc1ccc(S(N)(=O)=O)cc1. The first-order chi connectivity index (χ1) is 21.9. The zero-order valence-electron chi connectivity index (χ0n) is 24.4. The molecule has 3 amide bonds. The van der Waals surface area contributed by atoms with Crippen molar-refractivity contribution in [3.8, 4) is 0 Å². The van der Waals surface area contributed by atoms with E-state index >= 15 is 0 Å². The molecule has 14 heteroatoms. The summed E-state index contributed by atoms with van der Waals surface area (Å²) in [5.74, 6) is -1.47. The number of nitro benzene ring substituents is 1. The molecule has 0 heterocycles. The number of nitrogens with one attached hydrogen (secondary N) is 3. The summed E-state index contributed by atoms with van der Waals surface area (Å²) in [6.45, 7) is 1.84. The molecule has 1 unspecified atom stereocenters. The largest absolute Gasteiger partial charge is 0.325 e. The van der Waals surface area contributed by atoms with E-state index in [0.29, 0.717) is 33.8 Å². The number of sulfonamides is 1. The molecule has 4 aromatic rings. The van der Waals surface area contributed by atoms with Crippen LogP contribution in [0.4, 0.5) is 17.1 Å². The number of rotatable bonds is 12. The van der Waals surface area contributed by atoms with Gasteiger partial charge in [0.15, 0.2) is 0 Å². The van der Waals surface area contributed by atoms with Crippen LogP contribution in [0.15, 0.2) is 119 Å². The second-order valence-corrected chi connectivity index (χ2v) is 12.6. The molecule has 0 bridgehead atoms. The lowest BCUT2D eigenvalue weighted by Crippen LogP contribution is -2.30. The number of non-ortho nitro benzene ring substituents is 1. The lowest BCUT2D eigenvalue weighted by Gasteiger charge is -2.16. The van der Waals surface area contributed by atoms with E-state index in [2.05, 4.69) is 16.0 Å². The van der Waals surface area contributed by atoms with Gasteiger partial charge in [0.1, 0.15) is 5.70 Å². The number of nitrogens with zero attached hydrogens (tertiary/aromatic N) is 1. The fourth-order valence-electron chi connectivity index (χ4n) is 4.08. The van der Waals surface area contributed by atoms with Gasteiger partial charge in [-0.1, -0.05) is 31.2 Å². The Balaban J connectivity index is 1.49. The summed E-state index contributed by atoms with van der Waals surface area (Å²) in [5, 5.41) is 23.8. The molecule has 236 valence electrons. The average Bonchev–Trinajstić information content (AvgIpc) is 3.04. The summed E-state index contributed by atoms with van der Waals surface area (Å²) < 4.78 is 23.0. The number of carbonyl (C=O) groups is 3. The average molecular weight is 660 g/mol.